The van der Waals surface area contributed by atoms with Gasteiger partial charge in [0.1, 0.15) is 0 Å². The molecule has 80 valence electrons. The Balaban J connectivity index is 0.00000169. The summed E-state index contributed by atoms with van der Waals surface area (Å²) >= 11 is 3.51. The highest BCUT2D eigenvalue weighted by Gasteiger charge is 2.05. The van der Waals surface area contributed by atoms with Gasteiger partial charge >= 0.3 is 0 Å². The Labute approximate surface area is 101 Å². The molecular weight excluding hydrogens is 261 g/mol. The van der Waals surface area contributed by atoms with Crippen molar-refractivity contribution in [2.24, 2.45) is 5.73 Å². The van der Waals surface area contributed by atoms with Crippen molar-refractivity contribution in [3.63, 3.8) is 0 Å². The van der Waals surface area contributed by atoms with E-state index < -0.39 is 0 Å². The number of rotatable bonds is 3. The fourth-order valence-corrected chi connectivity index (χ4v) is 1.71. The summed E-state index contributed by atoms with van der Waals surface area (Å²) in [5.41, 5.74) is 8.48. The Hall–Kier alpha value is -0.0500. The van der Waals surface area contributed by atoms with Crippen LogP contribution >= 0.6 is 28.3 Å². The van der Waals surface area contributed by atoms with Crippen molar-refractivity contribution in [1.29, 1.82) is 0 Å². The highest BCUT2D eigenvalue weighted by atomic mass is 79.9. The lowest BCUT2D eigenvalue weighted by Gasteiger charge is -2.11. The van der Waals surface area contributed by atoms with Gasteiger partial charge < -0.3 is 5.73 Å². The van der Waals surface area contributed by atoms with Gasteiger partial charge in [0.15, 0.2) is 0 Å². The summed E-state index contributed by atoms with van der Waals surface area (Å²) in [5.74, 6) is 0. The van der Waals surface area contributed by atoms with E-state index >= 15 is 0 Å². The van der Waals surface area contributed by atoms with Crippen molar-refractivity contribution in [3.05, 3.63) is 33.8 Å². The Kier molecular flexibility index (Phi) is 6.41. The first kappa shape index (κ1) is 13.9. The SMILES string of the molecule is CCC[C@@H](N)c1ccc(C)c(Br)c1.Cl. The minimum absolute atomic E-state index is 0. The molecule has 0 saturated heterocycles. The summed E-state index contributed by atoms with van der Waals surface area (Å²) in [6.07, 6.45) is 2.18. The van der Waals surface area contributed by atoms with Crippen LogP contribution in [0.25, 0.3) is 0 Å². The van der Waals surface area contributed by atoms with Crippen LogP contribution in [-0.2, 0) is 0 Å². The lowest BCUT2D eigenvalue weighted by molar-refractivity contribution is 0.638. The summed E-state index contributed by atoms with van der Waals surface area (Å²) in [6.45, 7) is 4.24. The fourth-order valence-electron chi connectivity index (χ4n) is 1.32. The zero-order chi connectivity index (χ0) is 9.84. The first-order valence-corrected chi connectivity index (χ1v) is 5.46. The number of nitrogens with two attached hydrogens (primary N) is 1. The predicted molar refractivity (Wildman–Crippen MR) is 68.0 cm³/mol. The van der Waals surface area contributed by atoms with Crippen LogP contribution in [0.1, 0.15) is 36.9 Å². The second-order valence-electron chi connectivity index (χ2n) is 3.40. The maximum absolute atomic E-state index is 6.00. The molecule has 1 rings (SSSR count). The molecule has 0 aliphatic rings. The molecule has 0 amide bonds. The summed E-state index contributed by atoms with van der Waals surface area (Å²) < 4.78 is 1.15. The lowest BCUT2D eigenvalue weighted by Crippen LogP contribution is -2.09. The predicted octanol–water partition coefficient (Wildman–Crippen LogP) is 3.98. The van der Waals surface area contributed by atoms with E-state index in [-0.39, 0.29) is 18.4 Å². The molecule has 0 saturated carbocycles. The number of benzene rings is 1. The van der Waals surface area contributed by atoms with Gasteiger partial charge in [0.2, 0.25) is 0 Å². The maximum atomic E-state index is 6.00. The monoisotopic (exact) mass is 277 g/mol. The largest absolute Gasteiger partial charge is 0.324 e. The molecule has 0 fully saturated rings. The van der Waals surface area contributed by atoms with E-state index in [1.807, 2.05) is 0 Å². The van der Waals surface area contributed by atoms with Crippen molar-refractivity contribution in [1.82, 2.24) is 0 Å². The number of hydrogen-bond donors (Lipinski definition) is 1. The Morgan fingerprint density at radius 1 is 1.43 bits per heavy atom. The van der Waals surface area contributed by atoms with E-state index in [9.17, 15) is 0 Å². The highest BCUT2D eigenvalue weighted by molar-refractivity contribution is 9.10. The molecule has 1 aromatic carbocycles. The van der Waals surface area contributed by atoms with Crippen LogP contribution in [0.3, 0.4) is 0 Å². The third kappa shape index (κ3) is 3.60. The minimum atomic E-state index is 0. The molecule has 1 aromatic rings. The second kappa shape index (κ2) is 6.44. The molecule has 0 bridgehead atoms. The summed E-state index contributed by atoms with van der Waals surface area (Å²) in [5, 5.41) is 0. The standard InChI is InChI=1S/C11H16BrN.ClH/c1-3-4-11(13)9-6-5-8(2)10(12)7-9;/h5-7,11H,3-4,13H2,1-2H3;1H/t11-;/m1./s1. The van der Waals surface area contributed by atoms with Gasteiger partial charge in [-0.2, -0.15) is 0 Å². The van der Waals surface area contributed by atoms with Gasteiger partial charge in [0, 0.05) is 10.5 Å². The lowest BCUT2D eigenvalue weighted by atomic mass is 10.0. The molecule has 0 radical (unpaired) electrons. The van der Waals surface area contributed by atoms with Crippen molar-refractivity contribution < 1.29 is 0 Å². The average molecular weight is 279 g/mol. The molecule has 1 atom stereocenters. The van der Waals surface area contributed by atoms with E-state index in [2.05, 4.69) is 48.0 Å². The molecule has 2 N–H and O–H groups in total. The normalized spacial score (nSPS) is 12.0. The second-order valence-corrected chi connectivity index (χ2v) is 4.26. The summed E-state index contributed by atoms with van der Waals surface area (Å²) in [4.78, 5) is 0. The van der Waals surface area contributed by atoms with Crippen LogP contribution in [0.2, 0.25) is 0 Å². The van der Waals surface area contributed by atoms with Gasteiger partial charge in [-0.15, -0.1) is 12.4 Å². The Morgan fingerprint density at radius 3 is 2.57 bits per heavy atom. The molecule has 1 nitrogen and oxygen atoms in total. The number of hydrogen-bond acceptors (Lipinski definition) is 1. The van der Waals surface area contributed by atoms with Gasteiger partial charge in [-0.1, -0.05) is 41.4 Å². The van der Waals surface area contributed by atoms with Crippen LogP contribution in [0.15, 0.2) is 22.7 Å². The van der Waals surface area contributed by atoms with Crippen LogP contribution in [0.4, 0.5) is 0 Å². The van der Waals surface area contributed by atoms with Crippen LogP contribution in [0.5, 0.6) is 0 Å². The van der Waals surface area contributed by atoms with Gasteiger partial charge in [-0.3, -0.25) is 0 Å². The molecular formula is C11H17BrClN. The quantitative estimate of drug-likeness (QED) is 0.889. The number of halogens is 2. The highest BCUT2D eigenvalue weighted by Crippen LogP contribution is 2.22. The van der Waals surface area contributed by atoms with Crippen molar-refractivity contribution in [2.45, 2.75) is 32.7 Å². The van der Waals surface area contributed by atoms with Gasteiger partial charge in [0.05, 0.1) is 0 Å². The first-order valence-electron chi connectivity index (χ1n) is 4.66. The van der Waals surface area contributed by atoms with E-state index in [0.29, 0.717) is 0 Å². The molecule has 0 unspecified atom stereocenters. The average Bonchev–Trinajstić information content (AvgIpc) is 2.10. The van der Waals surface area contributed by atoms with Gasteiger partial charge in [-0.05, 0) is 30.5 Å². The fraction of sp³-hybridized carbons (Fsp3) is 0.455. The molecule has 0 aliphatic carbocycles. The first-order chi connectivity index (χ1) is 6.15. The minimum Gasteiger partial charge on any atom is -0.324 e. The molecule has 0 heterocycles. The number of aryl methyl sites for hydroxylation is 1. The van der Waals surface area contributed by atoms with Gasteiger partial charge in [0.25, 0.3) is 0 Å². The molecule has 0 spiro atoms. The summed E-state index contributed by atoms with van der Waals surface area (Å²) in [6, 6.07) is 6.52. The molecule has 14 heavy (non-hydrogen) atoms. The zero-order valence-corrected chi connectivity index (χ0v) is 11.0. The van der Waals surface area contributed by atoms with E-state index in [1.54, 1.807) is 0 Å². The van der Waals surface area contributed by atoms with E-state index in [4.69, 9.17) is 5.73 Å². The third-order valence-corrected chi connectivity index (χ3v) is 3.08. The van der Waals surface area contributed by atoms with Crippen molar-refractivity contribution in [2.75, 3.05) is 0 Å². The van der Waals surface area contributed by atoms with Gasteiger partial charge in [-0.25, -0.2) is 0 Å². The molecule has 0 aliphatic heterocycles. The van der Waals surface area contributed by atoms with Crippen LogP contribution in [-0.4, -0.2) is 0 Å². The Morgan fingerprint density at radius 2 is 2.07 bits per heavy atom. The third-order valence-electron chi connectivity index (χ3n) is 2.22. The van der Waals surface area contributed by atoms with Crippen molar-refractivity contribution >= 4 is 28.3 Å². The molecule has 0 aromatic heterocycles. The smallest absolute Gasteiger partial charge is 0.0295 e. The zero-order valence-electron chi connectivity index (χ0n) is 8.59. The summed E-state index contributed by atoms with van der Waals surface area (Å²) in [7, 11) is 0. The maximum Gasteiger partial charge on any atom is 0.0295 e. The van der Waals surface area contributed by atoms with Crippen LogP contribution < -0.4 is 5.73 Å². The van der Waals surface area contributed by atoms with Crippen LogP contribution in [0, 0.1) is 6.92 Å². The molecule has 3 heteroatoms. The van der Waals surface area contributed by atoms with Crippen molar-refractivity contribution in [3.8, 4) is 0 Å². The van der Waals surface area contributed by atoms with E-state index in [0.717, 1.165) is 17.3 Å². The van der Waals surface area contributed by atoms with E-state index in [1.165, 1.54) is 11.1 Å². The Bertz CT molecular complexity index is 289. The topological polar surface area (TPSA) is 26.0 Å².